The number of ether oxygens (including phenoxy) is 1. The zero-order valence-corrected chi connectivity index (χ0v) is 8.71. The van der Waals surface area contributed by atoms with Gasteiger partial charge in [0, 0.05) is 6.20 Å². The topological polar surface area (TPSA) is 67.9 Å². The summed E-state index contributed by atoms with van der Waals surface area (Å²) in [6, 6.07) is 1.59. The summed E-state index contributed by atoms with van der Waals surface area (Å²) in [6.07, 6.45) is 1.42. The van der Waals surface area contributed by atoms with Gasteiger partial charge in [-0.15, -0.1) is 0 Å². The van der Waals surface area contributed by atoms with Gasteiger partial charge in [0.2, 0.25) is 0 Å². The van der Waals surface area contributed by atoms with Crippen molar-refractivity contribution in [1.82, 2.24) is 15.2 Å². The lowest BCUT2D eigenvalue weighted by Gasteiger charge is -2.00. The third kappa shape index (κ3) is 1.78. The van der Waals surface area contributed by atoms with E-state index in [2.05, 4.69) is 15.2 Å². The molecule has 78 valence electrons. The molecule has 1 N–H and O–H groups in total. The van der Waals surface area contributed by atoms with Crippen LogP contribution in [0.1, 0.15) is 17.3 Å². The van der Waals surface area contributed by atoms with E-state index in [1.165, 1.54) is 6.20 Å². The SMILES string of the molecule is CCOC(=O)c1cnc2c(Cl)[nH]nc2c1. The first-order valence-corrected chi connectivity index (χ1v) is 4.77. The van der Waals surface area contributed by atoms with Gasteiger partial charge in [-0.1, -0.05) is 11.6 Å². The molecule has 0 saturated carbocycles. The van der Waals surface area contributed by atoms with Crippen molar-refractivity contribution in [2.45, 2.75) is 6.92 Å². The predicted molar refractivity (Wildman–Crippen MR) is 54.9 cm³/mol. The molecule has 15 heavy (non-hydrogen) atoms. The molecule has 0 aliphatic rings. The number of carbonyl (C=O) groups is 1. The number of H-pyrrole nitrogens is 1. The van der Waals surface area contributed by atoms with Crippen LogP contribution in [-0.4, -0.2) is 27.8 Å². The van der Waals surface area contributed by atoms with Gasteiger partial charge in [-0.3, -0.25) is 10.1 Å². The fourth-order valence-electron chi connectivity index (χ4n) is 1.20. The quantitative estimate of drug-likeness (QED) is 0.792. The minimum atomic E-state index is -0.411. The van der Waals surface area contributed by atoms with Crippen molar-refractivity contribution in [3.63, 3.8) is 0 Å². The van der Waals surface area contributed by atoms with Crippen molar-refractivity contribution in [3.05, 3.63) is 23.0 Å². The van der Waals surface area contributed by atoms with Crippen LogP contribution in [0.2, 0.25) is 5.15 Å². The van der Waals surface area contributed by atoms with Gasteiger partial charge >= 0.3 is 5.97 Å². The number of rotatable bonds is 2. The van der Waals surface area contributed by atoms with E-state index in [1.54, 1.807) is 13.0 Å². The van der Waals surface area contributed by atoms with Crippen LogP contribution in [-0.2, 0) is 4.74 Å². The Labute approximate surface area is 90.4 Å². The molecule has 2 aromatic rings. The van der Waals surface area contributed by atoms with E-state index in [0.717, 1.165) is 0 Å². The lowest BCUT2D eigenvalue weighted by molar-refractivity contribution is 0.0526. The molecule has 0 aromatic carbocycles. The Balaban J connectivity index is 2.43. The molecule has 0 radical (unpaired) electrons. The van der Waals surface area contributed by atoms with Crippen molar-refractivity contribution in [2.75, 3.05) is 6.61 Å². The molecular weight excluding hydrogens is 218 g/mol. The maximum atomic E-state index is 11.4. The molecule has 0 aliphatic heterocycles. The Morgan fingerprint density at radius 3 is 3.20 bits per heavy atom. The van der Waals surface area contributed by atoms with Gasteiger partial charge in [0.05, 0.1) is 12.2 Å². The summed E-state index contributed by atoms with van der Waals surface area (Å²) in [5, 5.41) is 6.83. The highest BCUT2D eigenvalue weighted by atomic mass is 35.5. The van der Waals surface area contributed by atoms with Crippen LogP contribution in [0.25, 0.3) is 11.0 Å². The molecule has 0 unspecified atom stereocenters. The maximum Gasteiger partial charge on any atom is 0.339 e. The minimum Gasteiger partial charge on any atom is -0.462 e. The molecule has 6 heteroatoms. The second kappa shape index (κ2) is 3.86. The van der Waals surface area contributed by atoms with E-state index in [9.17, 15) is 4.79 Å². The fraction of sp³-hybridized carbons (Fsp3) is 0.222. The normalized spacial score (nSPS) is 10.5. The third-order valence-corrected chi connectivity index (χ3v) is 2.12. The zero-order valence-electron chi connectivity index (χ0n) is 7.95. The number of nitrogens with zero attached hydrogens (tertiary/aromatic N) is 2. The number of aromatic amines is 1. The number of pyridine rings is 1. The number of hydrogen-bond acceptors (Lipinski definition) is 4. The summed E-state index contributed by atoms with van der Waals surface area (Å²) in [4.78, 5) is 15.4. The first-order valence-electron chi connectivity index (χ1n) is 4.39. The number of carbonyl (C=O) groups excluding carboxylic acids is 1. The van der Waals surface area contributed by atoms with Crippen molar-refractivity contribution >= 4 is 28.6 Å². The van der Waals surface area contributed by atoms with Gasteiger partial charge in [-0.25, -0.2) is 4.79 Å². The number of fused-ring (bicyclic) bond motifs is 1. The monoisotopic (exact) mass is 225 g/mol. The van der Waals surface area contributed by atoms with E-state index >= 15 is 0 Å². The number of nitrogens with one attached hydrogen (secondary N) is 1. The molecule has 0 spiro atoms. The maximum absolute atomic E-state index is 11.4. The lowest BCUT2D eigenvalue weighted by Crippen LogP contribution is -2.04. The molecule has 0 saturated heterocycles. The van der Waals surface area contributed by atoms with Crippen molar-refractivity contribution in [3.8, 4) is 0 Å². The highest BCUT2D eigenvalue weighted by Gasteiger charge is 2.10. The van der Waals surface area contributed by atoms with Gasteiger partial charge in [-0.2, -0.15) is 5.10 Å². The first kappa shape index (κ1) is 9.92. The molecular formula is C9H8ClN3O2. The molecule has 2 heterocycles. The first-order chi connectivity index (χ1) is 7.22. The van der Waals surface area contributed by atoms with Crippen LogP contribution >= 0.6 is 11.6 Å². The average Bonchev–Trinajstić information content (AvgIpc) is 2.60. The highest BCUT2D eigenvalue weighted by molar-refractivity contribution is 6.33. The molecule has 0 amide bonds. The van der Waals surface area contributed by atoms with Crippen LogP contribution < -0.4 is 0 Å². The van der Waals surface area contributed by atoms with Crippen molar-refractivity contribution in [2.24, 2.45) is 0 Å². The molecule has 0 fully saturated rings. The minimum absolute atomic E-state index is 0.332. The molecule has 0 aliphatic carbocycles. The van der Waals surface area contributed by atoms with E-state index in [1.807, 2.05) is 0 Å². The predicted octanol–water partition coefficient (Wildman–Crippen LogP) is 1.79. The van der Waals surface area contributed by atoms with Gasteiger partial charge < -0.3 is 4.74 Å². The summed E-state index contributed by atoms with van der Waals surface area (Å²) in [5.74, 6) is -0.411. The summed E-state index contributed by atoms with van der Waals surface area (Å²) >= 11 is 5.77. The number of hydrogen-bond donors (Lipinski definition) is 1. The van der Waals surface area contributed by atoms with Gasteiger partial charge in [0.1, 0.15) is 11.0 Å². The smallest absolute Gasteiger partial charge is 0.339 e. The van der Waals surface area contributed by atoms with Gasteiger partial charge in [0.15, 0.2) is 5.15 Å². The van der Waals surface area contributed by atoms with E-state index < -0.39 is 5.97 Å². The number of aromatic nitrogens is 3. The summed E-state index contributed by atoms with van der Waals surface area (Å²) in [6.45, 7) is 2.08. The molecule has 2 aromatic heterocycles. The number of halogens is 1. The molecule has 5 nitrogen and oxygen atoms in total. The lowest BCUT2D eigenvalue weighted by atomic mass is 10.2. The van der Waals surface area contributed by atoms with Crippen LogP contribution in [0.4, 0.5) is 0 Å². The van der Waals surface area contributed by atoms with Gasteiger partial charge in [0.25, 0.3) is 0 Å². The summed E-state index contributed by atoms with van der Waals surface area (Å²) in [7, 11) is 0. The van der Waals surface area contributed by atoms with E-state index in [-0.39, 0.29) is 0 Å². The fourth-order valence-corrected chi connectivity index (χ4v) is 1.38. The van der Waals surface area contributed by atoms with E-state index in [0.29, 0.717) is 28.4 Å². The Kier molecular flexibility index (Phi) is 2.55. The van der Waals surface area contributed by atoms with Crippen molar-refractivity contribution in [1.29, 1.82) is 0 Å². The Morgan fingerprint density at radius 1 is 1.67 bits per heavy atom. The van der Waals surface area contributed by atoms with Crippen LogP contribution in [0.3, 0.4) is 0 Å². The third-order valence-electron chi connectivity index (χ3n) is 1.86. The molecule has 0 bridgehead atoms. The molecule has 2 rings (SSSR count). The number of esters is 1. The largest absolute Gasteiger partial charge is 0.462 e. The summed E-state index contributed by atoms with van der Waals surface area (Å²) in [5.41, 5.74) is 1.46. The van der Waals surface area contributed by atoms with Crippen LogP contribution in [0.5, 0.6) is 0 Å². The Bertz CT molecular complexity index is 509. The van der Waals surface area contributed by atoms with E-state index in [4.69, 9.17) is 16.3 Å². The average molecular weight is 226 g/mol. The zero-order chi connectivity index (χ0) is 10.8. The van der Waals surface area contributed by atoms with Crippen LogP contribution in [0, 0.1) is 0 Å². The Hall–Kier alpha value is -1.62. The standard InChI is InChI=1S/C9H8ClN3O2/c1-2-15-9(14)5-3-6-7(11-4-5)8(10)13-12-6/h3-4H,2H2,1H3,(H,12,13). The Morgan fingerprint density at radius 2 is 2.47 bits per heavy atom. The second-order valence-corrected chi connectivity index (χ2v) is 3.23. The summed E-state index contributed by atoms with van der Waals surface area (Å²) < 4.78 is 4.83. The van der Waals surface area contributed by atoms with Crippen LogP contribution in [0.15, 0.2) is 12.3 Å². The highest BCUT2D eigenvalue weighted by Crippen LogP contribution is 2.18. The second-order valence-electron chi connectivity index (χ2n) is 2.85. The van der Waals surface area contributed by atoms with Gasteiger partial charge in [-0.05, 0) is 13.0 Å². The molecule has 0 atom stereocenters. The van der Waals surface area contributed by atoms with Crippen molar-refractivity contribution < 1.29 is 9.53 Å².